The molecule has 1 aliphatic heterocycles. The van der Waals surface area contributed by atoms with E-state index in [1.807, 2.05) is 12.2 Å². The van der Waals surface area contributed by atoms with Crippen LogP contribution in [0.2, 0.25) is 0 Å². The van der Waals surface area contributed by atoms with Crippen LogP contribution >= 0.6 is 24.8 Å². The molecule has 1 heterocycles. The van der Waals surface area contributed by atoms with Crippen LogP contribution in [0.1, 0.15) is 11.1 Å². The summed E-state index contributed by atoms with van der Waals surface area (Å²) in [6, 6.07) is 4.92. The Hall–Kier alpha value is -1.93. The number of benzene rings is 1. The number of alkyl halides is 3. The van der Waals surface area contributed by atoms with Crippen molar-refractivity contribution in [2.24, 2.45) is 21.5 Å². The highest BCUT2D eigenvalue weighted by Crippen LogP contribution is 2.29. The Bertz CT molecular complexity index is 621. The van der Waals surface area contributed by atoms with Crippen LogP contribution in [0.4, 0.5) is 13.2 Å². The number of rotatable bonds is 2. The maximum Gasteiger partial charge on any atom is 0.416 e. The predicted octanol–water partition coefficient (Wildman–Crippen LogP) is 2.55. The van der Waals surface area contributed by atoms with Crippen molar-refractivity contribution in [2.45, 2.75) is 12.7 Å². The van der Waals surface area contributed by atoms with Crippen LogP contribution in [0, 0.1) is 0 Å². The Kier molecular flexibility index (Phi) is 8.63. The van der Waals surface area contributed by atoms with E-state index in [9.17, 15) is 13.2 Å². The summed E-state index contributed by atoms with van der Waals surface area (Å²) < 4.78 is 37.8. The molecule has 4 N–H and O–H groups in total. The average molecular weight is 384 g/mol. The summed E-state index contributed by atoms with van der Waals surface area (Å²) >= 11 is 0. The number of hydrogen-bond acceptors (Lipinski definition) is 1. The van der Waals surface area contributed by atoms with E-state index < -0.39 is 11.7 Å². The molecule has 1 aromatic rings. The van der Waals surface area contributed by atoms with Gasteiger partial charge in [0.25, 0.3) is 0 Å². The lowest BCUT2D eigenvalue weighted by Crippen LogP contribution is -2.36. The lowest BCUT2D eigenvalue weighted by Gasteiger charge is -2.15. The first-order chi connectivity index (χ1) is 10.4. The Morgan fingerprint density at radius 3 is 2.33 bits per heavy atom. The third kappa shape index (κ3) is 6.29. The van der Waals surface area contributed by atoms with Crippen molar-refractivity contribution in [1.29, 1.82) is 0 Å². The predicted molar refractivity (Wildman–Crippen MR) is 93.6 cm³/mol. The molecule has 0 fully saturated rings. The van der Waals surface area contributed by atoms with E-state index in [1.165, 1.54) is 6.07 Å². The summed E-state index contributed by atoms with van der Waals surface area (Å²) in [6.45, 7) is 1.30. The van der Waals surface area contributed by atoms with E-state index in [0.29, 0.717) is 18.7 Å². The molecule has 0 spiro atoms. The molecular weight excluding hydrogens is 366 g/mol. The zero-order chi connectivity index (χ0) is 16.2. The van der Waals surface area contributed by atoms with Gasteiger partial charge >= 0.3 is 6.18 Å². The standard InChI is InChI=1S/C14H16F3N5.2ClH/c15-14(16,17)11-5-3-4-10(8-11)9-20-12(18)21-13(19)22-6-1-2-7-22;;/h1-5,8H,6-7,9H2,(H4,18,19,20,21);2*1H. The third-order valence-corrected chi connectivity index (χ3v) is 3.05. The van der Waals surface area contributed by atoms with Gasteiger partial charge in [0, 0.05) is 13.1 Å². The first-order valence-electron chi connectivity index (χ1n) is 6.56. The van der Waals surface area contributed by atoms with Gasteiger partial charge < -0.3 is 16.4 Å². The summed E-state index contributed by atoms with van der Waals surface area (Å²) in [7, 11) is 0. The molecule has 1 aromatic carbocycles. The van der Waals surface area contributed by atoms with Gasteiger partial charge in [-0.2, -0.15) is 18.2 Å². The third-order valence-electron chi connectivity index (χ3n) is 3.05. The molecule has 0 unspecified atom stereocenters. The lowest BCUT2D eigenvalue weighted by molar-refractivity contribution is -0.137. The fraction of sp³-hybridized carbons (Fsp3) is 0.286. The van der Waals surface area contributed by atoms with E-state index in [2.05, 4.69) is 9.98 Å². The second-order valence-corrected chi connectivity index (χ2v) is 4.72. The highest BCUT2D eigenvalue weighted by molar-refractivity contribution is 5.93. The quantitative estimate of drug-likeness (QED) is 0.467. The first kappa shape index (κ1) is 22.1. The Morgan fingerprint density at radius 1 is 1.12 bits per heavy atom. The molecule has 0 radical (unpaired) electrons. The smallest absolute Gasteiger partial charge is 0.369 e. The minimum absolute atomic E-state index is 0. The summed E-state index contributed by atoms with van der Waals surface area (Å²) in [6.07, 6.45) is -0.493. The molecule has 134 valence electrons. The van der Waals surface area contributed by atoms with E-state index >= 15 is 0 Å². The maximum absolute atomic E-state index is 12.6. The van der Waals surface area contributed by atoms with Crippen molar-refractivity contribution in [1.82, 2.24) is 4.90 Å². The van der Waals surface area contributed by atoms with Gasteiger partial charge in [0.1, 0.15) is 0 Å². The lowest BCUT2D eigenvalue weighted by atomic mass is 10.1. The highest BCUT2D eigenvalue weighted by Gasteiger charge is 2.30. The maximum atomic E-state index is 12.6. The fourth-order valence-corrected chi connectivity index (χ4v) is 1.91. The van der Waals surface area contributed by atoms with Gasteiger partial charge in [-0.15, -0.1) is 24.8 Å². The van der Waals surface area contributed by atoms with Crippen molar-refractivity contribution in [2.75, 3.05) is 13.1 Å². The molecule has 10 heteroatoms. The summed E-state index contributed by atoms with van der Waals surface area (Å²) in [5, 5.41) is 0. The number of aliphatic imine (C=N–C) groups is 2. The average Bonchev–Trinajstić information content (AvgIpc) is 2.99. The molecule has 0 aliphatic carbocycles. The van der Waals surface area contributed by atoms with Gasteiger partial charge in [0.15, 0.2) is 5.96 Å². The van der Waals surface area contributed by atoms with Gasteiger partial charge in [-0.1, -0.05) is 24.3 Å². The normalized spacial score (nSPS) is 15.0. The van der Waals surface area contributed by atoms with Crippen molar-refractivity contribution in [3.8, 4) is 0 Å². The van der Waals surface area contributed by atoms with Gasteiger partial charge in [-0.05, 0) is 17.7 Å². The molecule has 0 saturated heterocycles. The monoisotopic (exact) mass is 383 g/mol. The summed E-state index contributed by atoms with van der Waals surface area (Å²) in [4.78, 5) is 9.66. The number of nitrogens with two attached hydrogens (primary N) is 2. The molecule has 0 bridgehead atoms. The molecular formula is C14H18Cl2F3N5. The topological polar surface area (TPSA) is 80.0 Å². The van der Waals surface area contributed by atoms with E-state index in [1.54, 1.807) is 11.0 Å². The molecule has 0 atom stereocenters. The number of nitrogens with zero attached hydrogens (tertiary/aromatic N) is 3. The largest absolute Gasteiger partial charge is 0.416 e. The van der Waals surface area contributed by atoms with Crippen LogP contribution in [0.5, 0.6) is 0 Å². The number of hydrogen-bond donors (Lipinski definition) is 2. The molecule has 5 nitrogen and oxygen atoms in total. The van der Waals surface area contributed by atoms with Crippen LogP contribution in [-0.4, -0.2) is 29.9 Å². The second kappa shape index (κ2) is 9.39. The van der Waals surface area contributed by atoms with Crippen molar-refractivity contribution in [3.63, 3.8) is 0 Å². The van der Waals surface area contributed by atoms with Gasteiger partial charge in [-0.3, -0.25) is 0 Å². The van der Waals surface area contributed by atoms with E-state index in [4.69, 9.17) is 11.5 Å². The molecule has 0 aromatic heterocycles. The van der Waals surface area contributed by atoms with Crippen LogP contribution in [0.3, 0.4) is 0 Å². The van der Waals surface area contributed by atoms with E-state index in [-0.39, 0.29) is 43.3 Å². The van der Waals surface area contributed by atoms with Gasteiger partial charge in [-0.25, -0.2) is 4.99 Å². The Balaban J connectivity index is 0.00000264. The minimum atomic E-state index is -4.38. The SMILES string of the molecule is Cl.Cl.NC(=NCc1cccc(C(F)(F)F)c1)/N=C(/N)N1CC=CC1. The zero-order valence-electron chi connectivity index (χ0n) is 12.5. The Labute approximate surface area is 150 Å². The Morgan fingerprint density at radius 2 is 1.75 bits per heavy atom. The van der Waals surface area contributed by atoms with Crippen molar-refractivity contribution >= 4 is 36.7 Å². The second-order valence-electron chi connectivity index (χ2n) is 4.72. The van der Waals surface area contributed by atoms with Crippen molar-refractivity contribution in [3.05, 3.63) is 47.5 Å². The van der Waals surface area contributed by atoms with Crippen molar-refractivity contribution < 1.29 is 13.2 Å². The van der Waals surface area contributed by atoms with Crippen LogP contribution in [-0.2, 0) is 12.7 Å². The van der Waals surface area contributed by atoms with Crippen LogP contribution < -0.4 is 11.5 Å². The zero-order valence-corrected chi connectivity index (χ0v) is 14.2. The van der Waals surface area contributed by atoms with Crippen LogP contribution in [0.25, 0.3) is 0 Å². The van der Waals surface area contributed by atoms with Gasteiger partial charge in [0.2, 0.25) is 5.96 Å². The first-order valence-corrected chi connectivity index (χ1v) is 6.56. The van der Waals surface area contributed by atoms with E-state index in [0.717, 1.165) is 12.1 Å². The number of halogens is 5. The summed E-state index contributed by atoms with van der Waals surface area (Å²) in [5.74, 6) is 0.164. The molecule has 1 aliphatic rings. The summed E-state index contributed by atoms with van der Waals surface area (Å²) in [5.41, 5.74) is 11.1. The number of guanidine groups is 2. The molecule has 0 amide bonds. The van der Waals surface area contributed by atoms with Crippen LogP contribution in [0.15, 0.2) is 46.4 Å². The fourth-order valence-electron chi connectivity index (χ4n) is 1.91. The highest BCUT2D eigenvalue weighted by atomic mass is 35.5. The molecule has 2 rings (SSSR count). The van der Waals surface area contributed by atoms with Gasteiger partial charge in [0.05, 0.1) is 12.1 Å². The molecule has 24 heavy (non-hydrogen) atoms. The molecule has 0 saturated carbocycles. The minimum Gasteiger partial charge on any atom is -0.369 e.